The quantitative estimate of drug-likeness (QED) is 0.280. The predicted molar refractivity (Wildman–Crippen MR) is 129 cm³/mol. The number of aliphatic hydroxyl groups is 1. The van der Waals surface area contributed by atoms with Gasteiger partial charge in [0.2, 0.25) is 0 Å². The highest BCUT2D eigenvalue weighted by Gasteiger charge is 2.18. The van der Waals surface area contributed by atoms with Crippen LogP contribution in [0.5, 0.6) is 5.75 Å². The van der Waals surface area contributed by atoms with Gasteiger partial charge >= 0.3 is 1.43 Å². The molecule has 0 bridgehead atoms. The zero-order chi connectivity index (χ0) is 25.8. The normalized spacial score (nSPS) is 13.9. The molecular weight excluding hydrogens is 472 g/mol. The van der Waals surface area contributed by atoms with Gasteiger partial charge in [-0.3, -0.25) is 8.42 Å². The van der Waals surface area contributed by atoms with Crippen LogP contribution in [0.3, 0.4) is 0 Å². The Bertz CT molecular complexity index is 1280. The third-order valence-electron chi connectivity index (χ3n) is 5.34. The molecule has 0 aromatic heterocycles. The van der Waals surface area contributed by atoms with Crippen LogP contribution in [0.2, 0.25) is 0 Å². The number of hydrogen-bond donors (Lipinski definition) is 3. The van der Waals surface area contributed by atoms with E-state index in [1.54, 1.807) is 24.3 Å². The molecule has 1 saturated heterocycles. The summed E-state index contributed by atoms with van der Waals surface area (Å²) in [5.74, 6) is 0.353. The second kappa shape index (κ2) is 13.5. The van der Waals surface area contributed by atoms with Crippen LogP contribution in [0.25, 0.3) is 10.8 Å². The summed E-state index contributed by atoms with van der Waals surface area (Å²) in [6.07, 6.45) is 3.79. The molecule has 3 N–H and O–H groups in total. The third-order valence-corrected chi connectivity index (χ3v) is 5.34. The zero-order valence-electron chi connectivity index (χ0n) is 20.2. The second-order valence-electron chi connectivity index (χ2n) is 7.70. The lowest BCUT2D eigenvalue weighted by Crippen LogP contribution is -3.11. The Morgan fingerprint density at radius 2 is 1.57 bits per heavy atom. The minimum Gasteiger partial charge on any atom is -0.759 e. The molecule has 0 atom stereocenters. The molecule has 11 heteroatoms. The van der Waals surface area contributed by atoms with Gasteiger partial charge in [0.25, 0.3) is 0 Å². The van der Waals surface area contributed by atoms with Crippen molar-refractivity contribution in [3.05, 3.63) is 65.7 Å². The number of nitriles is 1. The van der Waals surface area contributed by atoms with Crippen LogP contribution in [0, 0.1) is 11.3 Å². The van der Waals surface area contributed by atoms with Crippen LogP contribution >= 0.6 is 0 Å². The second-order valence-corrected chi connectivity index (χ2v) is 8.52. The highest BCUT2D eigenvalue weighted by atomic mass is 32.3. The van der Waals surface area contributed by atoms with E-state index in [1.807, 2.05) is 30.3 Å². The number of aliphatic hydroxyl groups excluding tert-OH is 1. The van der Waals surface area contributed by atoms with Crippen LogP contribution in [-0.2, 0) is 16.9 Å². The summed E-state index contributed by atoms with van der Waals surface area (Å²) in [6.45, 7) is 3.10. The van der Waals surface area contributed by atoms with Crippen molar-refractivity contribution in [1.82, 2.24) is 0 Å². The van der Waals surface area contributed by atoms with E-state index >= 15 is 0 Å². The van der Waals surface area contributed by atoms with Crippen molar-refractivity contribution in [2.75, 3.05) is 20.2 Å². The lowest BCUT2D eigenvalue weighted by molar-refractivity contribution is -0.918. The van der Waals surface area contributed by atoms with Crippen molar-refractivity contribution < 1.29 is 34.1 Å². The van der Waals surface area contributed by atoms with Gasteiger partial charge in [0.05, 0.1) is 41.7 Å². The molecule has 186 valence electrons. The van der Waals surface area contributed by atoms with Gasteiger partial charge in [0, 0.05) is 28.3 Å². The van der Waals surface area contributed by atoms with E-state index in [4.69, 9.17) is 27.9 Å². The highest BCUT2D eigenvalue weighted by Crippen LogP contribution is 2.36. The molecule has 1 fully saturated rings. The smallest absolute Gasteiger partial charge is 0.759 e. The lowest BCUT2D eigenvalue weighted by atomic mass is 10.0. The Morgan fingerprint density at radius 1 is 1.00 bits per heavy atom. The Kier molecular flexibility index (Phi) is 10.7. The van der Waals surface area contributed by atoms with Crippen molar-refractivity contribution >= 4 is 32.5 Å². The van der Waals surface area contributed by atoms with E-state index in [2.05, 4.69) is 16.3 Å². The number of phenolic OH excluding ortho intramolecular Hbond substituents is 1. The van der Waals surface area contributed by atoms with Crippen molar-refractivity contribution in [3.63, 3.8) is 0 Å². The molecule has 0 unspecified atom stereocenters. The van der Waals surface area contributed by atoms with Gasteiger partial charge in [-0.05, 0) is 49.6 Å². The number of quaternary nitrogens is 1. The molecule has 4 rings (SSSR count). The number of aromatic hydroxyl groups is 1. The third kappa shape index (κ3) is 9.05. The molecule has 3 aromatic rings. The first kappa shape index (κ1) is 27.8. The van der Waals surface area contributed by atoms with Gasteiger partial charge in [-0.2, -0.15) is 10.4 Å². The minimum atomic E-state index is -5.17. The summed E-state index contributed by atoms with van der Waals surface area (Å²) in [7, 11) is -4.17. The van der Waals surface area contributed by atoms with E-state index in [9.17, 15) is 5.11 Å². The summed E-state index contributed by atoms with van der Waals surface area (Å²) in [5, 5.41) is 37.3. The first-order chi connectivity index (χ1) is 16.7. The molecule has 3 aromatic carbocycles. The molecule has 0 amide bonds. The molecule has 0 radical (unpaired) electrons. The van der Waals surface area contributed by atoms with Gasteiger partial charge in [-0.15, -0.1) is 5.11 Å². The van der Waals surface area contributed by atoms with E-state index in [0.717, 1.165) is 48.8 Å². The van der Waals surface area contributed by atoms with Gasteiger partial charge < -0.3 is 24.2 Å². The maximum absolute atomic E-state index is 10.8. The van der Waals surface area contributed by atoms with Gasteiger partial charge in [-0.1, -0.05) is 24.3 Å². The van der Waals surface area contributed by atoms with Crippen LogP contribution in [0.1, 0.15) is 31.8 Å². The predicted octanol–water partition coefficient (Wildman–Crippen LogP) is 2.78. The number of nitrogens with one attached hydrogen (secondary N) is 1. The van der Waals surface area contributed by atoms with Crippen LogP contribution < -0.4 is 4.90 Å². The summed E-state index contributed by atoms with van der Waals surface area (Å²) in [6, 6.07) is 18.9. The molecule has 1 heterocycles. The Hall–Kier alpha value is -3.40. The van der Waals surface area contributed by atoms with E-state index < -0.39 is 10.4 Å². The van der Waals surface area contributed by atoms with Crippen LogP contribution in [0.15, 0.2) is 64.8 Å². The molecule has 1 aliphatic heterocycles. The Morgan fingerprint density at radius 3 is 2.14 bits per heavy atom. The van der Waals surface area contributed by atoms with E-state index in [0.29, 0.717) is 17.0 Å². The number of likely N-dealkylation sites (tertiary alicyclic amines) is 1. The Labute approximate surface area is 205 Å². The van der Waals surface area contributed by atoms with Crippen LogP contribution in [-0.4, -0.2) is 47.9 Å². The zero-order valence-corrected chi connectivity index (χ0v) is 20.0. The SMILES string of the molecule is CO.N#Cc1ccc(N=Nc2cc(C[NH+]3CCCCC3)c(O)c3ccccc23)cc1.O=S(=O)([O-])[O-].[H+]. The fraction of sp³-hybridized carbons (Fsp3) is 0.292. The van der Waals surface area contributed by atoms with Gasteiger partial charge in [-0.25, -0.2) is 0 Å². The standard InChI is InChI=1S/C23H22N4O.CH4O.H2O4S/c24-15-17-8-10-19(11-9-17)25-26-22-14-18(16-27-12-4-1-5-13-27)23(28)21-7-3-2-6-20(21)22;1-2;1-5(2,3)4/h2-3,6-11,14,28H,1,4-5,12-13,16H2;2H,1H3;(H2,1,2,3,4). The summed E-state index contributed by atoms with van der Waals surface area (Å²) < 4.78 is 34.1. The number of piperidine rings is 1. The molecule has 0 aliphatic carbocycles. The maximum atomic E-state index is 10.8. The average Bonchev–Trinajstić information content (AvgIpc) is 2.86. The van der Waals surface area contributed by atoms with Crippen molar-refractivity contribution in [2.45, 2.75) is 25.8 Å². The molecule has 0 spiro atoms. The molecule has 1 aliphatic rings. The molecule has 35 heavy (non-hydrogen) atoms. The van der Waals surface area contributed by atoms with Crippen molar-refractivity contribution in [1.29, 1.82) is 5.26 Å². The Balaban J connectivity index is 0.000000726. The maximum Gasteiger partial charge on any atom is 1.00 e. The van der Waals surface area contributed by atoms with E-state index in [1.165, 1.54) is 24.2 Å². The number of azo groups is 1. The number of nitrogens with zero attached hydrogens (tertiary/aromatic N) is 3. The average molecular weight is 501 g/mol. The summed E-state index contributed by atoms with van der Waals surface area (Å²) >= 11 is 0. The fourth-order valence-corrected chi connectivity index (χ4v) is 3.83. The fourth-order valence-electron chi connectivity index (χ4n) is 3.83. The topological polar surface area (TPSA) is 174 Å². The first-order valence-corrected chi connectivity index (χ1v) is 12.2. The summed E-state index contributed by atoms with van der Waals surface area (Å²) in [5.41, 5.74) is 2.97. The lowest BCUT2D eigenvalue weighted by Gasteiger charge is -2.24. The number of rotatable bonds is 4. The van der Waals surface area contributed by atoms with Crippen LogP contribution in [0.4, 0.5) is 11.4 Å². The minimum absolute atomic E-state index is 0. The number of benzene rings is 3. The molecule has 0 saturated carbocycles. The molecular formula is C24H28N4O6S. The van der Waals surface area contributed by atoms with E-state index in [-0.39, 0.29) is 1.43 Å². The highest BCUT2D eigenvalue weighted by molar-refractivity contribution is 7.79. The summed E-state index contributed by atoms with van der Waals surface area (Å²) in [4.78, 5) is 1.51. The largest absolute Gasteiger partial charge is 1.00 e. The van der Waals surface area contributed by atoms with Gasteiger partial charge in [0.15, 0.2) is 0 Å². The monoisotopic (exact) mass is 500 g/mol. The van der Waals surface area contributed by atoms with Gasteiger partial charge in [0.1, 0.15) is 12.3 Å². The number of fused-ring (bicyclic) bond motifs is 1. The first-order valence-electron chi connectivity index (χ1n) is 10.8. The number of phenols is 1. The van der Waals surface area contributed by atoms with Crippen molar-refractivity contribution in [3.8, 4) is 11.8 Å². The number of hydrogen-bond acceptors (Lipinski definition) is 9. The van der Waals surface area contributed by atoms with Crippen molar-refractivity contribution in [2.24, 2.45) is 10.2 Å². The molecule has 10 nitrogen and oxygen atoms in total.